The van der Waals surface area contributed by atoms with Crippen LogP contribution in [0.3, 0.4) is 0 Å². The standard InChI is InChI=1S/C12H8O/c1-7-6-8-4-2-3-5-9(8)11-10(7)12(11)13/h2-6H,1H3. The van der Waals surface area contributed by atoms with Gasteiger partial charge in [-0.3, -0.25) is 4.79 Å². The Bertz CT molecular complexity index is 625. The predicted molar refractivity (Wildman–Crippen MR) is 54.8 cm³/mol. The average molecular weight is 168 g/mol. The van der Waals surface area contributed by atoms with Crippen LogP contribution in [0.1, 0.15) is 5.56 Å². The van der Waals surface area contributed by atoms with Crippen LogP contribution in [0.4, 0.5) is 0 Å². The van der Waals surface area contributed by atoms with Gasteiger partial charge in [0.1, 0.15) is 0 Å². The molecule has 0 atom stereocenters. The minimum Gasteiger partial charge on any atom is -0.289 e. The van der Waals surface area contributed by atoms with Crippen molar-refractivity contribution in [1.82, 2.24) is 0 Å². The highest BCUT2D eigenvalue weighted by molar-refractivity contribution is 6.17. The largest absolute Gasteiger partial charge is 0.289 e. The van der Waals surface area contributed by atoms with Crippen LogP contribution in [0.15, 0.2) is 35.1 Å². The molecule has 1 nitrogen and oxygen atoms in total. The van der Waals surface area contributed by atoms with E-state index in [9.17, 15) is 4.79 Å². The molecule has 0 amide bonds. The number of rotatable bonds is 0. The lowest BCUT2D eigenvalue weighted by Gasteiger charge is -1.95. The third kappa shape index (κ3) is 0.738. The molecule has 3 aromatic rings. The number of hydrogen-bond acceptors (Lipinski definition) is 1. The van der Waals surface area contributed by atoms with Crippen LogP contribution in [-0.2, 0) is 0 Å². The molecule has 0 fully saturated rings. The highest BCUT2D eigenvalue weighted by Crippen LogP contribution is 2.29. The van der Waals surface area contributed by atoms with E-state index >= 15 is 0 Å². The Kier molecular flexibility index (Phi) is 1.05. The van der Waals surface area contributed by atoms with Gasteiger partial charge < -0.3 is 0 Å². The van der Waals surface area contributed by atoms with Gasteiger partial charge >= 0.3 is 0 Å². The van der Waals surface area contributed by atoms with Crippen molar-refractivity contribution in [3.8, 4) is 0 Å². The molecule has 62 valence electrons. The molecule has 0 bridgehead atoms. The molecule has 0 saturated carbocycles. The van der Waals surface area contributed by atoms with Crippen molar-refractivity contribution in [1.29, 1.82) is 0 Å². The first-order valence-electron chi connectivity index (χ1n) is 4.36. The van der Waals surface area contributed by atoms with Gasteiger partial charge in [-0.15, -0.1) is 0 Å². The molecule has 0 N–H and O–H groups in total. The van der Waals surface area contributed by atoms with Crippen molar-refractivity contribution in [3.63, 3.8) is 0 Å². The highest BCUT2D eigenvalue weighted by Gasteiger charge is 2.17. The number of benzene rings is 2. The molecular formula is C12H8O. The lowest BCUT2D eigenvalue weighted by atomic mass is 10.1. The van der Waals surface area contributed by atoms with Crippen LogP contribution in [0, 0.1) is 6.92 Å². The fourth-order valence-electron chi connectivity index (χ4n) is 1.96. The second kappa shape index (κ2) is 1.99. The summed E-state index contributed by atoms with van der Waals surface area (Å²) in [7, 11) is 0. The third-order valence-electron chi connectivity index (χ3n) is 2.64. The van der Waals surface area contributed by atoms with Gasteiger partial charge in [-0.25, -0.2) is 0 Å². The summed E-state index contributed by atoms with van der Waals surface area (Å²) in [5.41, 5.74) is 1.34. The highest BCUT2D eigenvalue weighted by atomic mass is 16.1. The molecule has 1 heteroatoms. The van der Waals surface area contributed by atoms with E-state index in [1.807, 2.05) is 31.2 Å². The molecule has 0 unspecified atom stereocenters. The van der Waals surface area contributed by atoms with Crippen LogP contribution in [0.5, 0.6) is 0 Å². The van der Waals surface area contributed by atoms with E-state index in [0.717, 1.165) is 21.7 Å². The summed E-state index contributed by atoms with van der Waals surface area (Å²) < 4.78 is 0. The van der Waals surface area contributed by atoms with Gasteiger partial charge in [0, 0.05) is 10.8 Å². The summed E-state index contributed by atoms with van der Waals surface area (Å²) >= 11 is 0. The van der Waals surface area contributed by atoms with Gasteiger partial charge in [-0.05, 0) is 23.3 Å². The summed E-state index contributed by atoms with van der Waals surface area (Å²) in [5.74, 6) is 0. The Hall–Kier alpha value is -1.63. The Morgan fingerprint density at radius 3 is 2.69 bits per heavy atom. The smallest absolute Gasteiger partial charge is 0.195 e. The minimum atomic E-state index is 0.235. The zero-order valence-corrected chi connectivity index (χ0v) is 7.29. The van der Waals surface area contributed by atoms with E-state index in [1.165, 1.54) is 5.39 Å². The summed E-state index contributed by atoms with van der Waals surface area (Å²) in [6, 6.07) is 10.1. The SMILES string of the molecule is Cc1cc2ccccc2c2c(=O)c12. The molecule has 0 heterocycles. The molecule has 13 heavy (non-hydrogen) atoms. The average Bonchev–Trinajstić information content (AvgIpc) is 2.79. The first kappa shape index (κ1) is 6.84. The molecular weight excluding hydrogens is 160 g/mol. The lowest BCUT2D eigenvalue weighted by Crippen LogP contribution is -1.70. The normalized spacial score (nSPS) is 11.8. The van der Waals surface area contributed by atoms with Crippen molar-refractivity contribution in [3.05, 3.63) is 46.1 Å². The van der Waals surface area contributed by atoms with Crippen LogP contribution in [0.2, 0.25) is 0 Å². The van der Waals surface area contributed by atoms with E-state index in [2.05, 4.69) is 6.07 Å². The first-order valence-corrected chi connectivity index (χ1v) is 4.36. The van der Waals surface area contributed by atoms with Crippen molar-refractivity contribution < 1.29 is 0 Å². The van der Waals surface area contributed by atoms with Crippen LogP contribution < -0.4 is 5.43 Å². The molecule has 0 radical (unpaired) electrons. The third-order valence-corrected chi connectivity index (χ3v) is 2.64. The fourth-order valence-corrected chi connectivity index (χ4v) is 1.96. The topological polar surface area (TPSA) is 17.1 Å². The van der Waals surface area contributed by atoms with Gasteiger partial charge in [0.05, 0.1) is 0 Å². The summed E-state index contributed by atoms with van der Waals surface area (Å²) in [6.07, 6.45) is 0. The van der Waals surface area contributed by atoms with Crippen LogP contribution >= 0.6 is 0 Å². The van der Waals surface area contributed by atoms with Crippen molar-refractivity contribution in [2.24, 2.45) is 0 Å². The Labute approximate surface area is 75.3 Å². The molecule has 0 aromatic heterocycles. The van der Waals surface area contributed by atoms with Crippen LogP contribution in [-0.4, -0.2) is 0 Å². The Morgan fingerprint density at radius 2 is 1.85 bits per heavy atom. The molecule has 0 saturated heterocycles. The minimum absolute atomic E-state index is 0.235. The Balaban J connectivity index is 2.67. The van der Waals surface area contributed by atoms with E-state index in [1.54, 1.807) is 0 Å². The molecule has 3 aromatic carbocycles. The van der Waals surface area contributed by atoms with Gasteiger partial charge in [0.2, 0.25) is 0 Å². The second-order valence-corrected chi connectivity index (χ2v) is 3.49. The molecule has 0 spiro atoms. The summed E-state index contributed by atoms with van der Waals surface area (Å²) in [4.78, 5) is 11.4. The molecule has 0 aliphatic heterocycles. The maximum Gasteiger partial charge on any atom is 0.195 e. The van der Waals surface area contributed by atoms with Gasteiger partial charge in [-0.1, -0.05) is 30.3 Å². The zero-order valence-electron chi connectivity index (χ0n) is 7.29. The number of fused-ring (bicyclic) bond motifs is 3. The van der Waals surface area contributed by atoms with E-state index in [0.29, 0.717) is 0 Å². The summed E-state index contributed by atoms with van der Waals surface area (Å²) in [6.45, 7) is 2.00. The van der Waals surface area contributed by atoms with E-state index in [4.69, 9.17) is 0 Å². The lowest BCUT2D eigenvalue weighted by molar-refractivity contribution is 1.58. The van der Waals surface area contributed by atoms with Crippen LogP contribution in [0.25, 0.3) is 21.5 Å². The molecule has 3 rings (SSSR count). The van der Waals surface area contributed by atoms with Gasteiger partial charge in [0.15, 0.2) is 5.43 Å². The number of aryl methyl sites for hydroxylation is 1. The van der Waals surface area contributed by atoms with Crippen molar-refractivity contribution >= 4 is 21.5 Å². The quantitative estimate of drug-likeness (QED) is 0.504. The second-order valence-electron chi connectivity index (χ2n) is 3.49. The van der Waals surface area contributed by atoms with Gasteiger partial charge in [-0.2, -0.15) is 0 Å². The zero-order chi connectivity index (χ0) is 9.00. The molecule has 0 aliphatic carbocycles. The van der Waals surface area contributed by atoms with Crippen molar-refractivity contribution in [2.45, 2.75) is 6.92 Å². The van der Waals surface area contributed by atoms with E-state index < -0.39 is 0 Å². The molecule has 0 aliphatic rings. The Morgan fingerprint density at radius 1 is 1.08 bits per heavy atom. The monoisotopic (exact) mass is 168 g/mol. The van der Waals surface area contributed by atoms with Crippen molar-refractivity contribution in [2.75, 3.05) is 0 Å². The summed E-state index contributed by atoms with van der Waals surface area (Å²) in [5, 5.41) is 4.16. The fraction of sp³-hybridized carbons (Fsp3) is 0.0833. The van der Waals surface area contributed by atoms with E-state index in [-0.39, 0.29) is 5.43 Å². The predicted octanol–water partition coefficient (Wildman–Crippen LogP) is 2.54. The maximum atomic E-state index is 11.4. The maximum absolute atomic E-state index is 11.4. The number of hydrogen-bond donors (Lipinski definition) is 0. The van der Waals surface area contributed by atoms with Gasteiger partial charge in [0.25, 0.3) is 0 Å². The first-order chi connectivity index (χ1) is 6.29.